The fourth-order valence-corrected chi connectivity index (χ4v) is 5.12. The average molecular weight is 336 g/mol. The molecule has 0 N–H and O–H groups in total. The lowest BCUT2D eigenvalue weighted by Gasteiger charge is -2.49. The fraction of sp³-hybridized carbons (Fsp3) is 0.947. The number of ether oxygens (including phenoxy) is 2. The Labute approximate surface area is 145 Å². The van der Waals surface area contributed by atoms with E-state index in [1.807, 2.05) is 0 Å². The minimum atomic E-state index is 0.284. The van der Waals surface area contributed by atoms with Crippen molar-refractivity contribution in [1.29, 1.82) is 0 Å². The quantitative estimate of drug-likeness (QED) is 0.791. The number of nitrogens with zero attached hydrogens (tertiary/aromatic N) is 2. The minimum absolute atomic E-state index is 0.284. The second-order valence-corrected chi connectivity index (χ2v) is 8.29. The van der Waals surface area contributed by atoms with Crippen LogP contribution in [0.3, 0.4) is 0 Å². The highest BCUT2D eigenvalue weighted by Gasteiger charge is 2.42. The second-order valence-electron chi connectivity index (χ2n) is 8.29. The number of piperidine rings is 2. The number of hydrogen-bond donors (Lipinski definition) is 0. The Balaban J connectivity index is 1.32. The maximum absolute atomic E-state index is 12.4. The van der Waals surface area contributed by atoms with E-state index in [2.05, 4.69) is 9.80 Å². The van der Waals surface area contributed by atoms with Crippen LogP contribution in [0.25, 0.3) is 0 Å². The van der Waals surface area contributed by atoms with E-state index >= 15 is 0 Å². The molecule has 0 aromatic rings. The summed E-state index contributed by atoms with van der Waals surface area (Å²) in [5, 5.41) is 0. The molecule has 1 amide bonds. The van der Waals surface area contributed by atoms with Gasteiger partial charge in [-0.3, -0.25) is 4.79 Å². The second kappa shape index (κ2) is 7.30. The van der Waals surface area contributed by atoms with Crippen LogP contribution in [0.2, 0.25) is 0 Å². The van der Waals surface area contributed by atoms with E-state index in [1.54, 1.807) is 0 Å². The van der Waals surface area contributed by atoms with Gasteiger partial charge in [-0.2, -0.15) is 0 Å². The van der Waals surface area contributed by atoms with E-state index < -0.39 is 0 Å². The summed E-state index contributed by atoms with van der Waals surface area (Å²) in [4.78, 5) is 17.2. The molecule has 4 aliphatic heterocycles. The third-order valence-corrected chi connectivity index (χ3v) is 6.76. The summed E-state index contributed by atoms with van der Waals surface area (Å²) in [5.74, 6) is 0.350. The van der Waals surface area contributed by atoms with E-state index in [4.69, 9.17) is 9.47 Å². The van der Waals surface area contributed by atoms with Crippen molar-refractivity contribution >= 4 is 5.91 Å². The molecule has 5 heteroatoms. The Morgan fingerprint density at radius 1 is 1.04 bits per heavy atom. The first-order valence-corrected chi connectivity index (χ1v) is 9.95. The summed E-state index contributed by atoms with van der Waals surface area (Å²) in [5.41, 5.74) is 0.369. The van der Waals surface area contributed by atoms with E-state index in [9.17, 15) is 4.79 Å². The molecule has 4 saturated heterocycles. The smallest absolute Gasteiger partial charge is 0.222 e. The lowest BCUT2D eigenvalue weighted by molar-refractivity contribution is -0.141. The molecule has 0 bridgehead atoms. The zero-order valence-electron chi connectivity index (χ0n) is 14.9. The maximum Gasteiger partial charge on any atom is 0.222 e. The van der Waals surface area contributed by atoms with Crippen LogP contribution in [0, 0.1) is 5.41 Å². The Hall–Kier alpha value is -0.650. The topological polar surface area (TPSA) is 42.0 Å². The molecule has 0 radical (unpaired) electrons. The van der Waals surface area contributed by atoms with E-state index in [0.29, 0.717) is 11.3 Å². The summed E-state index contributed by atoms with van der Waals surface area (Å²) in [6.45, 7) is 6.92. The predicted molar refractivity (Wildman–Crippen MR) is 91.9 cm³/mol. The van der Waals surface area contributed by atoms with Gasteiger partial charge in [0.2, 0.25) is 5.91 Å². The summed E-state index contributed by atoms with van der Waals surface area (Å²) in [7, 11) is 0. The molecule has 1 atom stereocenters. The zero-order valence-corrected chi connectivity index (χ0v) is 14.9. The van der Waals surface area contributed by atoms with Gasteiger partial charge in [0, 0.05) is 45.4 Å². The van der Waals surface area contributed by atoms with Crippen LogP contribution in [-0.2, 0) is 14.3 Å². The van der Waals surface area contributed by atoms with Crippen LogP contribution in [-0.4, -0.2) is 73.9 Å². The highest BCUT2D eigenvalue weighted by Crippen LogP contribution is 2.41. The summed E-state index contributed by atoms with van der Waals surface area (Å²) < 4.78 is 11.3. The van der Waals surface area contributed by atoms with Gasteiger partial charge >= 0.3 is 0 Å². The normalized spacial score (nSPS) is 32.6. The van der Waals surface area contributed by atoms with E-state index in [1.165, 1.54) is 38.8 Å². The first-order valence-electron chi connectivity index (χ1n) is 9.95. The van der Waals surface area contributed by atoms with Crippen LogP contribution >= 0.6 is 0 Å². The molecule has 4 rings (SSSR count). The molecule has 0 aromatic carbocycles. The van der Waals surface area contributed by atoms with Crippen LogP contribution < -0.4 is 0 Å². The molecule has 0 unspecified atom stereocenters. The molecular formula is C19H32N2O3. The van der Waals surface area contributed by atoms with Gasteiger partial charge in [-0.15, -0.1) is 0 Å². The molecule has 24 heavy (non-hydrogen) atoms. The molecule has 0 saturated carbocycles. The van der Waals surface area contributed by atoms with Crippen LogP contribution in [0.4, 0.5) is 0 Å². The van der Waals surface area contributed by atoms with Crippen LogP contribution in [0.1, 0.15) is 51.4 Å². The molecule has 0 aromatic heterocycles. The lowest BCUT2D eigenvalue weighted by Crippen LogP contribution is -2.54. The van der Waals surface area contributed by atoms with Gasteiger partial charge in [-0.25, -0.2) is 0 Å². The van der Waals surface area contributed by atoms with Crippen LogP contribution in [0.15, 0.2) is 0 Å². The van der Waals surface area contributed by atoms with Gasteiger partial charge in [0.25, 0.3) is 0 Å². The monoisotopic (exact) mass is 336 g/mol. The highest BCUT2D eigenvalue weighted by atomic mass is 16.5. The molecule has 5 nitrogen and oxygen atoms in total. The van der Waals surface area contributed by atoms with Gasteiger partial charge in [-0.05, 0) is 63.5 Å². The predicted octanol–water partition coefficient (Wildman–Crippen LogP) is 2.05. The average Bonchev–Trinajstić information content (AvgIpc) is 3.13. The third kappa shape index (κ3) is 3.63. The highest BCUT2D eigenvalue weighted by molar-refractivity contribution is 5.77. The van der Waals surface area contributed by atoms with Crippen molar-refractivity contribution in [3.05, 3.63) is 0 Å². The van der Waals surface area contributed by atoms with E-state index in [-0.39, 0.29) is 6.10 Å². The van der Waals surface area contributed by atoms with Crippen molar-refractivity contribution in [2.24, 2.45) is 5.41 Å². The number of rotatable bonds is 3. The van der Waals surface area contributed by atoms with Gasteiger partial charge in [-0.1, -0.05) is 0 Å². The first-order chi connectivity index (χ1) is 11.7. The molecule has 4 fully saturated rings. The number of hydrogen-bond acceptors (Lipinski definition) is 4. The summed E-state index contributed by atoms with van der Waals surface area (Å²) >= 11 is 0. The van der Waals surface area contributed by atoms with Crippen molar-refractivity contribution in [1.82, 2.24) is 9.80 Å². The summed E-state index contributed by atoms with van der Waals surface area (Å²) in [6.07, 6.45) is 9.27. The van der Waals surface area contributed by atoms with Crippen molar-refractivity contribution in [3.63, 3.8) is 0 Å². The molecule has 136 valence electrons. The van der Waals surface area contributed by atoms with Crippen molar-refractivity contribution in [3.8, 4) is 0 Å². The Morgan fingerprint density at radius 2 is 1.83 bits per heavy atom. The fourth-order valence-electron chi connectivity index (χ4n) is 5.12. The van der Waals surface area contributed by atoms with Crippen molar-refractivity contribution in [2.75, 3.05) is 46.0 Å². The molecule has 1 spiro atoms. The van der Waals surface area contributed by atoms with Crippen molar-refractivity contribution in [2.45, 2.75) is 63.5 Å². The molecule has 0 aliphatic carbocycles. The number of carbonyl (C=O) groups is 1. The molecular weight excluding hydrogens is 304 g/mol. The molecule has 4 heterocycles. The van der Waals surface area contributed by atoms with Crippen molar-refractivity contribution < 1.29 is 14.3 Å². The Bertz CT molecular complexity index is 436. The third-order valence-electron chi connectivity index (χ3n) is 6.76. The minimum Gasteiger partial charge on any atom is -0.381 e. The van der Waals surface area contributed by atoms with Gasteiger partial charge in [0.15, 0.2) is 0 Å². The summed E-state index contributed by atoms with van der Waals surface area (Å²) in [6, 6.07) is 0.726. The zero-order chi connectivity index (χ0) is 16.4. The largest absolute Gasteiger partial charge is 0.381 e. The van der Waals surface area contributed by atoms with Gasteiger partial charge in [0.05, 0.1) is 6.10 Å². The van der Waals surface area contributed by atoms with Crippen LogP contribution in [0.5, 0.6) is 0 Å². The first kappa shape index (κ1) is 16.8. The number of amides is 1. The lowest BCUT2D eigenvalue weighted by atomic mass is 9.72. The maximum atomic E-state index is 12.4. The van der Waals surface area contributed by atoms with Gasteiger partial charge < -0.3 is 19.3 Å². The number of likely N-dealkylation sites (tertiary alicyclic amines) is 2. The molecule has 4 aliphatic rings. The Morgan fingerprint density at radius 3 is 2.54 bits per heavy atom. The standard InChI is InChI=1S/C19H32N2O3/c22-18-3-6-19(15-21(18)14-17-2-1-11-24-17)7-9-20(10-8-19)16-4-12-23-13-5-16/h16-17H,1-15H2/t17-/m1/s1. The van der Waals surface area contributed by atoms with Gasteiger partial charge in [0.1, 0.15) is 0 Å². The SMILES string of the molecule is O=C1CCC2(CCN(C3CCOCC3)CC2)CN1C[C@H]1CCCO1. The number of carbonyl (C=O) groups excluding carboxylic acids is 1. The van der Waals surface area contributed by atoms with E-state index in [0.717, 1.165) is 64.6 Å². The Kier molecular flexibility index (Phi) is 5.11.